The summed E-state index contributed by atoms with van der Waals surface area (Å²) >= 11 is 0. The lowest BCUT2D eigenvalue weighted by molar-refractivity contribution is 0.00328. The molecule has 1 aromatic carbocycles. The molecule has 2 bridgehead atoms. The topological polar surface area (TPSA) is 38.5 Å². The van der Waals surface area contributed by atoms with E-state index >= 15 is 0 Å². The zero-order chi connectivity index (χ0) is 12.7. The van der Waals surface area contributed by atoms with Crippen LogP contribution in [0, 0.1) is 5.92 Å². The predicted molar refractivity (Wildman–Crippen MR) is 72.2 cm³/mol. The van der Waals surface area contributed by atoms with E-state index in [2.05, 4.69) is 42.2 Å². The molecule has 3 rings (SSSR count). The normalized spacial score (nSPS) is 37.1. The van der Waals surface area contributed by atoms with Crippen LogP contribution >= 0.6 is 0 Å². The van der Waals surface area contributed by atoms with Crippen LogP contribution in [-0.4, -0.2) is 36.7 Å². The van der Waals surface area contributed by atoms with E-state index in [9.17, 15) is 0 Å². The fourth-order valence-electron chi connectivity index (χ4n) is 3.72. The van der Waals surface area contributed by atoms with Gasteiger partial charge >= 0.3 is 0 Å². The molecule has 0 amide bonds. The fourth-order valence-corrected chi connectivity index (χ4v) is 3.72. The van der Waals surface area contributed by atoms with Crippen LogP contribution in [0.15, 0.2) is 30.3 Å². The monoisotopic (exact) mass is 246 g/mol. The van der Waals surface area contributed by atoms with E-state index in [1.807, 2.05) is 7.11 Å². The third-order valence-corrected chi connectivity index (χ3v) is 4.77. The predicted octanol–water partition coefficient (Wildman–Crippen LogP) is 1.79. The van der Waals surface area contributed by atoms with Gasteiger partial charge in [0.2, 0.25) is 0 Å². The highest BCUT2D eigenvalue weighted by atomic mass is 16.5. The van der Waals surface area contributed by atoms with Crippen molar-refractivity contribution < 1.29 is 4.74 Å². The number of fused-ring (bicyclic) bond motifs is 2. The van der Waals surface area contributed by atoms with Crippen LogP contribution in [0.2, 0.25) is 0 Å². The maximum absolute atomic E-state index is 6.33. The molecule has 1 aliphatic heterocycles. The number of methoxy groups -OCH3 is 1. The van der Waals surface area contributed by atoms with E-state index in [0.717, 1.165) is 13.0 Å². The van der Waals surface area contributed by atoms with Crippen LogP contribution in [0.1, 0.15) is 24.9 Å². The summed E-state index contributed by atoms with van der Waals surface area (Å²) in [5.74, 6) is 0.603. The maximum Gasteiger partial charge on any atom is 0.0745 e. The highest BCUT2D eigenvalue weighted by Crippen LogP contribution is 2.42. The number of nitrogens with zero attached hydrogens (tertiary/aromatic N) is 1. The molecule has 0 spiro atoms. The Morgan fingerprint density at radius 2 is 2.06 bits per heavy atom. The Hall–Kier alpha value is -0.900. The van der Waals surface area contributed by atoms with Crippen molar-refractivity contribution >= 4 is 0 Å². The lowest BCUT2D eigenvalue weighted by Gasteiger charge is -2.37. The molecule has 18 heavy (non-hydrogen) atoms. The highest BCUT2D eigenvalue weighted by Gasteiger charge is 2.52. The first-order chi connectivity index (χ1) is 8.72. The quantitative estimate of drug-likeness (QED) is 0.883. The molecule has 1 saturated heterocycles. The summed E-state index contributed by atoms with van der Waals surface area (Å²) in [5, 5.41) is 0. The molecular weight excluding hydrogens is 224 g/mol. The molecule has 0 aromatic heterocycles. The Morgan fingerprint density at radius 1 is 1.33 bits per heavy atom. The van der Waals surface area contributed by atoms with Crippen molar-refractivity contribution in [1.82, 2.24) is 4.90 Å². The molecule has 98 valence electrons. The summed E-state index contributed by atoms with van der Waals surface area (Å²) in [4.78, 5) is 2.53. The van der Waals surface area contributed by atoms with Crippen LogP contribution in [0.3, 0.4) is 0 Å². The summed E-state index contributed by atoms with van der Waals surface area (Å²) in [5.41, 5.74) is 7.70. The number of ether oxygens (including phenoxy) is 1. The SMILES string of the molecule is CO[C@H]1C[C@@H]2CN([C@@H](C)c3ccccc3)[C@H]1[C@@H]2N. The van der Waals surface area contributed by atoms with Gasteiger partial charge in [0.25, 0.3) is 0 Å². The van der Waals surface area contributed by atoms with Gasteiger partial charge in [-0.2, -0.15) is 0 Å². The van der Waals surface area contributed by atoms with E-state index in [4.69, 9.17) is 10.5 Å². The van der Waals surface area contributed by atoms with Gasteiger partial charge in [-0.05, 0) is 24.8 Å². The second kappa shape index (κ2) is 4.65. The van der Waals surface area contributed by atoms with E-state index in [1.54, 1.807) is 0 Å². The first kappa shape index (κ1) is 12.2. The lowest BCUT2D eigenvalue weighted by atomic mass is 10.0. The lowest BCUT2D eigenvalue weighted by Crippen LogP contribution is -2.47. The van der Waals surface area contributed by atoms with Crippen molar-refractivity contribution in [3.8, 4) is 0 Å². The molecule has 1 heterocycles. The minimum atomic E-state index is 0.279. The third kappa shape index (κ3) is 1.78. The number of piperidine rings is 1. The minimum absolute atomic E-state index is 0.279. The molecule has 1 aromatic rings. The summed E-state index contributed by atoms with van der Waals surface area (Å²) in [7, 11) is 1.81. The van der Waals surface area contributed by atoms with E-state index in [0.29, 0.717) is 24.1 Å². The number of likely N-dealkylation sites (tertiary alicyclic amines) is 1. The van der Waals surface area contributed by atoms with Crippen molar-refractivity contribution in [3.05, 3.63) is 35.9 Å². The van der Waals surface area contributed by atoms with Gasteiger partial charge in [0.05, 0.1) is 12.1 Å². The van der Waals surface area contributed by atoms with Crippen LogP contribution < -0.4 is 5.73 Å². The first-order valence-corrected chi connectivity index (χ1v) is 6.81. The van der Waals surface area contributed by atoms with Crippen LogP contribution in [0.25, 0.3) is 0 Å². The van der Waals surface area contributed by atoms with Crippen molar-refractivity contribution in [3.63, 3.8) is 0 Å². The molecule has 2 aliphatic rings. The minimum Gasteiger partial charge on any atom is -0.380 e. The Labute approximate surface area is 109 Å². The third-order valence-electron chi connectivity index (χ3n) is 4.77. The van der Waals surface area contributed by atoms with Crippen LogP contribution in [0.5, 0.6) is 0 Å². The van der Waals surface area contributed by atoms with E-state index in [-0.39, 0.29) is 6.04 Å². The van der Waals surface area contributed by atoms with Crippen molar-refractivity contribution in [1.29, 1.82) is 0 Å². The highest BCUT2D eigenvalue weighted by molar-refractivity contribution is 5.21. The molecule has 0 unspecified atom stereocenters. The Morgan fingerprint density at radius 3 is 2.67 bits per heavy atom. The molecule has 2 fully saturated rings. The summed E-state index contributed by atoms with van der Waals surface area (Å²) in [6.45, 7) is 3.39. The van der Waals surface area contributed by atoms with E-state index < -0.39 is 0 Å². The van der Waals surface area contributed by atoms with Gasteiger partial charge in [0, 0.05) is 25.7 Å². The van der Waals surface area contributed by atoms with Crippen LogP contribution in [-0.2, 0) is 4.74 Å². The molecule has 2 N–H and O–H groups in total. The molecule has 3 nitrogen and oxygen atoms in total. The van der Waals surface area contributed by atoms with Gasteiger partial charge < -0.3 is 10.5 Å². The number of rotatable bonds is 3. The average Bonchev–Trinajstić information content (AvgIpc) is 2.91. The first-order valence-electron chi connectivity index (χ1n) is 6.81. The zero-order valence-corrected chi connectivity index (χ0v) is 11.1. The van der Waals surface area contributed by atoms with Crippen molar-refractivity contribution in [2.75, 3.05) is 13.7 Å². The molecule has 1 saturated carbocycles. The second-order valence-corrected chi connectivity index (χ2v) is 5.62. The smallest absolute Gasteiger partial charge is 0.0745 e. The summed E-state index contributed by atoms with van der Waals surface area (Å²) in [6, 6.07) is 11.8. The number of nitrogens with two attached hydrogens (primary N) is 1. The molecular formula is C15H22N2O. The van der Waals surface area contributed by atoms with Gasteiger partial charge in [0.1, 0.15) is 0 Å². The molecule has 5 atom stereocenters. The second-order valence-electron chi connectivity index (χ2n) is 5.62. The number of benzene rings is 1. The molecule has 0 radical (unpaired) electrons. The fraction of sp³-hybridized carbons (Fsp3) is 0.600. The van der Waals surface area contributed by atoms with Gasteiger partial charge in [-0.1, -0.05) is 30.3 Å². The van der Waals surface area contributed by atoms with Gasteiger partial charge in [0.15, 0.2) is 0 Å². The van der Waals surface area contributed by atoms with Crippen molar-refractivity contribution in [2.24, 2.45) is 11.7 Å². The summed E-state index contributed by atoms with van der Waals surface area (Å²) < 4.78 is 5.61. The number of hydrogen-bond donors (Lipinski definition) is 1. The van der Waals surface area contributed by atoms with Crippen LogP contribution in [0.4, 0.5) is 0 Å². The van der Waals surface area contributed by atoms with Gasteiger partial charge in [-0.15, -0.1) is 0 Å². The Kier molecular flexibility index (Phi) is 3.14. The average molecular weight is 246 g/mol. The van der Waals surface area contributed by atoms with Gasteiger partial charge in [-0.25, -0.2) is 0 Å². The molecule has 3 heteroatoms. The Balaban J connectivity index is 1.82. The summed E-state index contributed by atoms with van der Waals surface area (Å²) in [6.07, 6.45) is 1.44. The van der Waals surface area contributed by atoms with E-state index in [1.165, 1.54) is 5.56 Å². The zero-order valence-electron chi connectivity index (χ0n) is 11.1. The Bertz CT molecular complexity index is 408. The molecule has 1 aliphatic carbocycles. The van der Waals surface area contributed by atoms with Crippen molar-refractivity contribution in [2.45, 2.75) is 37.6 Å². The largest absolute Gasteiger partial charge is 0.380 e. The van der Waals surface area contributed by atoms with Gasteiger partial charge in [-0.3, -0.25) is 4.90 Å². The standard InChI is InChI=1S/C15H22N2O/c1-10(11-6-4-3-5-7-11)17-9-12-8-13(18-2)15(17)14(12)16/h3-7,10,12-15H,8-9,16H2,1-2H3/t10-,12+,13-,14+,15+/m0/s1. The maximum atomic E-state index is 6.33. The number of hydrogen-bond acceptors (Lipinski definition) is 3.